The highest BCUT2D eigenvalue weighted by Crippen LogP contribution is 2.55. The smallest absolute Gasteiger partial charge is 0.169 e. The highest BCUT2D eigenvalue weighted by atomic mass is 32.1. The molecule has 1 aromatic carbocycles. The van der Waals surface area contributed by atoms with Crippen molar-refractivity contribution in [2.24, 2.45) is 0 Å². The van der Waals surface area contributed by atoms with Crippen LogP contribution < -0.4 is 14.8 Å². The van der Waals surface area contributed by atoms with Crippen molar-refractivity contribution in [3.8, 4) is 11.5 Å². The molecule has 0 saturated carbocycles. The molecule has 25 heavy (non-hydrogen) atoms. The number of allylic oxidation sites excluding steroid dienone is 1. The van der Waals surface area contributed by atoms with Crippen LogP contribution in [0.4, 0.5) is 0 Å². The topological polar surface area (TPSA) is 33.7 Å². The van der Waals surface area contributed by atoms with Gasteiger partial charge >= 0.3 is 0 Å². The highest BCUT2D eigenvalue weighted by Gasteiger charge is 2.51. The van der Waals surface area contributed by atoms with E-state index in [4.69, 9.17) is 21.7 Å². The van der Waals surface area contributed by atoms with E-state index in [1.807, 2.05) is 12.1 Å². The van der Waals surface area contributed by atoms with Crippen LogP contribution in [0.25, 0.3) is 0 Å². The zero-order chi connectivity index (χ0) is 17.4. The molecule has 4 rings (SSSR count). The van der Waals surface area contributed by atoms with Gasteiger partial charge in [-0.1, -0.05) is 24.3 Å². The van der Waals surface area contributed by atoms with Crippen molar-refractivity contribution in [1.29, 1.82) is 0 Å². The van der Waals surface area contributed by atoms with E-state index >= 15 is 0 Å². The first-order chi connectivity index (χ1) is 12.2. The van der Waals surface area contributed by atoms with Gasteiger partial charge in [-0.3, -0.25) is 0 Å². The predicted molar refractivity (Wildman–Crippen MR) is 103 cm³/mol. The van der Waals surface area contributed by atoms with Gasteiger partial charge in [0.05, 0.1) is 12.5 Å². The third kappa shape index (κ3) is 2.53. The van der Waals surface area contributed by atoms with Crippen LogP contribution in [0.5, 0.6) is 11.5 Å². The van der Waals surface area contributed by atoms with E-state index in [0.717, 1.165) is 49.0 Å². The van der Waals surface area contributed by atoms with Gasteiger partial charge in [0.2, 0.25) is 0 Å². The summed E-state index contributed by atoms with van der Waals surface area (Å²) < 4.78 is 12.0. The maximum absolute atomic E-state index is 6.41. The van der Waals surface area contributed by atoms with Crippen LogP contribution in [0.3, 0.4) is 0 Å². The van der Waals surface area contributed by atoms with Crippen LogP contribution in [-0.2, 0) is 12.0 Å². The van der Waals surface area contributed by atoms with E-state index in [2.05, 4.69) is 35.0 Å². The number of rotatable bonds is 3. The average Bonchev–Trinajstić information content (AvgIpc) is 2.89. The second-order valence-corrected chi connectivity index (χ2v) is 7.29. The fourth-order valence-corrected chi connectivity index (χ4v) is 4.64. The quantitative estimate of drug-likeness (QED) is 0.664. The zero-order valence-electron chi connectivity index (χ0n) is 14.6. The van der Waals surface area contributed by atoms with E-state index in [-0.39, 0.29) is 11.5 Å². The molecule has 0 aromatic heterocycles. The van der Waals surface area contributed by atoms with Gasteiger partial charge in [-0.25, -0.2) is 0 Å². The Morgan fingerprint density at radius 1 is 1.56 bits per heavy atom. The lowest BCUT2D eigenvalue weighted by Crippen LogP contribution is -2.42. The van der Waals surface area contributed by atoms with Crippen LogP contribution in [0.2, 0.25) is 0 Å². The summed E-state index contributed by atoms with van der Waals surface area (Å²) in [6.07, 6.45) is 9.82. The first-order valence-corrected chi connectivity index (χ1v) is 9.29. The molecule has 132 valence electrons. The first kappa shape index (κ1) is 16.5. The Morgan fingerprint density at radius 3 is 3.24 bits per heavy atom. The molecule has 4 nitrogen and oxygen atoms in total. The van der Waals surface area contributed by atoms with Crippen LogP contribution in [0, 0.1) is 0 Å². The van der Waals surface area contributed by atoms with Gasteiger partial charge < -0.3 is 19.7 Å². The van der Waals surface area contributed by atoms with E-state index < -0.39 is 0 Å². The van der Waals surface area contributed by atoms with Crippen molar-refractivity contribution in [2.75, 3.05) is 20.2 Å². The lowest BCUT2D eigenvalue weighted by atomic mass is 9.69. The molecule has 5 heteroatoms. The van der Waals surface area contributed by atoms with Crippen molar-refractivity contribution in [2.45, 2.75) is 37.3 Å². The number of nitrogens with zero attached hydrogens (tertiary/aromatic N) is 1. The molecule has 1 N–H and O–H groups in total. The molecule has 2 heterocycles. The molecule has 0 saturated heterocycles. The van der Waals surface area contributed by atoms with Gasteiger partial charge in [0, 0.05) is 25.2 Å². The van der Waals surface area contributed by atoms with Crippen molar-refractivity contribution in [3.05, 3.63) is 48.1 Å². The molecule has 0 fully saturated rings. The molecule has 1 spiro atoms. The van der Waals surface area contributed by atoms with Crippen LogP contribution in [0.1, 0.15) is 30.4 Å². The summed E-state index contributed by atoms with van der Waals surface area (Å²) in [6, 6.07) is 4.19. The first-order valence-electron chi connectivity index (χ1n) is 8.88. The zero-order valence-corrected chi connectivity index (χ0v) is 15.4. The molecule has 0 bridgehead atoms. The minimum absolute atomic E-state index is 0.0553. The van der Waals surface area contributed by atoms with E-state index in [1.165, 1.54) is 11.1 Å². The number of nitrogens with one attached hydrogen (secondary N) is 1. The maximum Gasteiger partial charge on any atom is 0.169 e. The SMILES string of the molecule is C=CCNC(=S)N1CC[C@@]23C=CCC[C@@H]2Oc2c(OC)ccc(c23)C1. The Bertz CT molecular complexity index is 745. The number of thiocarbonyl (C=S) groups is 1. The molecule has 0 unspecified atom stereocenters. The molecule has 0 radical (unpaired) electrons. The summed E-state index contributed by atoms with van der Waals surface area (Å²) in [5, 5.41) is 4.06. The van der Waals surface area contributed by atoms with Crippen LogP contribution in [0.15, 0.2) is 36.9 Å². The Morgan fingerprint density at radius 2 is 2.44 bits per heavy atom. The van der Waals surface area contributed by atoms with Crippen LogP contribution >= 0.6 is 12.2 Å². The van der Waals surface area contributed by atoms with E-state index in [0.29, 0.717) is 6.54 Å². The normalized spacial score (nSPS) is 26.1. The maximum atomic E-state index is 6.41. The van der Waals surface area contributed by atoms with Gasteiger partial charge in [0.25, 0.3) is 0 Å². The minimum Gasteiger partial charge on any atom is -0.493 e. The molecular formula is C20H24N2O2S. The lowest BCUT2D eigenvalue weighted by Gasteiger charge is -2.34. The average molecular weight is 356 g/mol. The second-order valence-electron chi connectivity index (χ2n) is 6.90. The van der Waals surface area contributed by atoms with Crippen molar-refractivity contribution in [1.82, 2.24) is 10.2 Å². The standard InChI is InChI=1S/C20H24N2O2S/c1-3-11-21-19(25)22-12-10-20-9-5-4-6-16(20)24-18-15(23-2)8-7-14(13-22)17(18)20/h3,5,7-9,16H,1,4,6,10-13H2,2H3,(H,21,25)/t16-,20-/m0/s1. The molecule has 2 aliphatic heterocycles. The van der Waals surface area contributed by atoms with Gasteiger partial charge in [-0.2, -0.15) is 0 Å². The largest absolute Gasteiger partial charge is 0.493 e. The Hall–Kier alpha value is -2.01. The predicted octanol–water partition coefficient (Wildman–Crippen LogP) is 3.31. The molecule has 1 aromatic rings. The van der Waals surface area contributed by atoms with Gasteiger partial charge in [-0.15, -0.1) is 6.58 Å². The Labute approximate surface area is 154 Å². The monoisotopic (exact) mass is 356 g/mol. The van der Waals surface area contributed by atoms with Crippen molar-refractivity contribution >= 4 is 17.3 Å². The van der Waals surface area contributed by atoms with E-state index in [1.54, 1.807) is 7.11 Å². The summed E-state index contributed by atoms with van der Waals surface area (Å²) in [7, 11) is 1.71. The number of methoxy groups -OCH3 is 1. The molecule has 0 amide bonds. The van der Waals surface area contributed by atoms with Crippen molar-refractivity contribution in [3.63, 3.8) is 0 Å². The molecular weight excluding hydrogens is 332 g/mol. The minimum atomic E-state index is -0.0553. The van der Waals surface area contributed by atoms with Crippen LogP contribution in [-0.4, -0.2) is 36.3 Å². The molecule has 1 aliphatic carbocycles. The third-order valence-corrected chi connectivity index (χ3v) is 5.98. The highest BCUT2D eigenvalue weighted by molar-refractivity contribution is 7.80. The summed E-state index contributed by atoms with van der Waals surface area (Å²) >= 11 is 5.60. The van der Waals surface area contributed by atoms with Gasteiger partial charge in [-0.05, 0) is 43.1 Å². The second kappa shape index (κ2) is 6.37. The lowest BCUT2D eigenvalue weighted by molar-refractivity contribution is 0.143. The number of hydrogen-bond acceptors (Lipinski definition) is 3. The summed E-state index contributed by atoms with van der Waals surface area (Å²) in [6.45, 7) is 6.14. The number of ether oxygens (including phenoxy) is 2. The number of benzene rings is 1. The molecule has 3 aliphatic rings. The van der Waals surface area contributed by atoms with E-state index in [9.17, 15) is 0 Å². The Balaban J connectivity index is 1.77. The summed E-state index contributed by atoms with van der Waals surface area (Å²) in [5.41, 5.74) is 2.53. The summed E-state index contributed by atoms with van der Waals surface area (Å²) in [5.74, 6) is 1.77. The Kier molecular flexibility index (Phi) is 4.20. The fourth-order valence-electron chi connectivity index (χ4n) is 4.40. The third-order valence-electron chi connectivity index (χ3n) is 5.58. The summed E-state index contributed by atoms with van der Waals surface area (Å²) in [4.78, 5) is 2.26. The van der Waals surface area contributed by atoms with Crippen molar-refractivity contribution < 1.29 is 9.47 Å². The fraction of sp³-hybridized carbons (Fsp3) is 0.450. The molecule has 2 atom stereocenters. The van der Waals surface area contributed by atoms with Gasteiger partial charge in [0.15, 0.2) is 16.6 Å². The van der Waals surface area contributed by atoms with Gasteiger partial charge in [0.1, 0.15) is 6.10 Å². The number of hydrogen-bond donors (Lipinski definition) is 1.